The monoisotopic (exact) mass is 286 g/mol. The van der Waals surface area contributed by atoms with Crippen molar-refractivity contribution in [2.75, 3.05) is 7.11 Å². The van der Waals surface area contributed by atoms with Crippen molar-refractivity contribution in [1.29, 1.82) is 0 Å². The molecule has 2 aromatic heterocycles. The first kappa shape index (κ1) is 12.5. The highest BCUT2D eigenvalue weighted by Crippen LogP contribution is 2.37. The SMILES string of the molecule is COc1cccc(C(c2cccs2)c2cccs2)c1. The topological polar surface area (TPSA) is 9.23 Å². The molecule has 19 heavy (non-hydrogen) atoms. The second kappa shape index (κ2) is 5.59. The predicted molar refractivity (Wildman–Crippen MR) is 82.6 cm³/mol. The molecule has 0 fully saturated rings. The molecule has 0 amide bonds. The van der Waals surface area contributed by atoms with Gasteiger partial charge in [-0.3, -0.25) is 0 Å². The number of ether oxygens (including phenoxy) is 1. The third-order valence-corrected chi connectivity index (χ3v) is 4.96. The lowest BCUT2D eigenvalue weighted by Crippen LogP contribution is -1.99. The van der Waals surface area contributed by atoms with Crippen LogP contribution in [0, 0.1) is 0 Å². The van der Waals surface area contributed by atoms with Gasteiger partial charge in [0.05, 0.1) is 13.0 Å². The van der Waals surface area contributed by atoms with Crippen molar-refractivity contribution in [1.82, 2.24) is 0 Å². The Balaban J connectivity index is 2.09. The lowest BCUT2D eigenvalue weighted by molar-refractivity contribution is 0.414. The smallest absolute Gasteiger partial charge is 0.119 e. The number of methoxy groups -OCH3 is 1. The molecular weight excluding hydrogens is 272 g/mol. The maximum absolute atomic E-state index is 5.35. The van der Waals surface area contributed by atoms with Gasteiger partial charge in [-0.2, -0.15) is 0 Å². The van der Waals surface area contributed by atoms with Crippen LogP contribution in [0.2, 0.25) is 0 Å². The van der Waals surface area contributed by atoms with Crippen LogP contribution in [0.15, 0.2) is 59.3 Å². The maximum Gasteiger partial charge on any atom is 0.119 e. The summed E-state index contributed by atoms with van der Waals surface area (Å²) in [4.78, 5) is 2.74. The Kier molecular flexibility index (Phi) is 3.67. The van der Waals surface area contributed by atoms with Crippen LogP contribution in [0.3, 0.4) is 0 Å². The fraction of sp³-hybridized carbons (Fsp3) is 0.125. The fourth-order valence-corrected chi connectivity index (χ4v) is 4.02. The first-order valence-corrected chi connectivity index (χ1v) is 7.85. The third-order valence-electron chi connectivity index (χ3n) is 3.08. The van der Waals surface area contributed by atoms with Gasteiger partial charge in [-0.15, -0.1) is 22.7 Å². The van der Waals surface area contributed by atoms with Crippen molar-refractivity contribution < 1.29 is 4.74 Å². The van der Waals surface area contributed by atoms with Crippen LogP contribution in [-0.2, 0) is 0 Å². The minimum absolute atomic E-state index is 0.315. The molecule has 0 aliphatic heterocycles. The summed E-state index contributed by atoms with van der Waals surface area (Å²) in [5.41, 5.74) is 1.28. The van der Waals surface area contributed by atoms with Crippen molar-refractivity contribution >= 4 is 22.7 Å². The lowest BCUT2D eigenvalue weighted by atomic mass is 9.95. The average molecular weight is 286 g/mol. The second-order valence-electron chi connectivity index (χ2n) is 4.24. The highest BCUT2D eigenvalue weighted by Gasteiger charge is 2.19. The van der Waals surface area contributed by atoms with E-state index in [9.17, 15) is 0 Å². The molecule has 3 aromatic rings. The Morgan fingerprint density at radius 1 is 0.895 bits per heavy atom. The van der Waals surface area contributed by atoms with Gasteiger partial charge in [0.15, 0.2) is 0 Å². The largest absolute Gasteiger partial charge is 0.497 e. The zero-order valence-corrected chi connectivity index (χ0v) is 12.2. The van der Waals surface area contributed by atoms with E-state index in [1.54, 1.807) is 29.8 Å². The Morgan fingerprint density at radius 3 is 2.11 bits per heavy atom. The summed E-state index contributed by atoms with van der Waals surface area (Å²) in [5, 5.41) is 4.27. The summed E-state index contributed by atoms with van der Waals surface area (Å²) in [6.07, 6.45) is 0. The number of benzene rings is 1. The number of hydrogen-bond acceptors (Lipinski definition) is 3. The highest BCUT2D eigenvalue weighted by atomic mass is 32.1. The summed E-state index contributed by atoms with van der Waals surface area (Å²) < 4.78 is 5.35. The molecule has 0 aliphatic rings. The van der Waals surface area contributed by atoms with Crippen molar-refractivity contribution in [2.45, 2.75) is 5.92 Å². The van der Waals surface area contributed by atoms with Crippen LogP contribution >= 0.6 is 22.7 Å². The molecule has 0 radical (unpaired) electrons. The maximum atomic E-state index is 5.35. The van der Waals surface area contributed by atoms with Crippen molar-refractivity contribution in [3.63, 3.8) is 0 Å². The van der Waals surface area contributed by atoms with Gasteiger partial charge in [-0.05, 0) is 40.6 Å². The van der Waals surface area contributed by atoms with E-state index < -0.39 is 0 Å². The van der Waals surface area contributed by atoms with Gasteiger partial charge in [0.2, 0.25) is 0 Å². The van der Waals surface area contributed by atoms with Crippen LogP contribution in [0.1, 0.15) is 21.2 Å². The Bertz CT molecular complexity index is 592. The summed E-state index contributed by atoms with van der Waals surface area (Å²) in [6.45, 7) is 0. The van der Waals surface area contributed by atoms with Gasteiger partial charge < -0.3 is 4.74 Å². The second-order valence-corrected chi connectivity index (χ2v) is 6.20. The zero-order chi connectivity index (χ0) is 13.1. The van der Waals surface area contributed by atoms with Gasteiger partial charge in [-0.25, -0.2) is 0 Å². The number of rotatable bonds is 4. The molecule has 1 aromatic carbocycles. The first-order valence-electron chi connectivity index (χ1n) is 6.09. The van der Waals surface area contributed by atoms with Gasteiger partial charge in [-0.1, -0.05) is 24.3 Å². The number of hydrogen-bond donors (Lipinski definition) is 0. The molecule has 0 N–H and O–H groups in total. The molecule has 3 rings (SSSR count). The molecule has 1 nitrogen and oxygen atoms in total. The van der Waals surface area contributed by atoms with E-state index in [1.165, 1.54) is 15.3 Å². The molecule has 0 unspecified atom stereocenters. The molecule has 3 heteroatoms. The van der Waals surface area contributed by atoms with E-state index in [-0.39, 0.29) is 0 Å². The standard InChI is InChI=1S/C16H14OS2/c1-17-13-6-2-5-12(11-13)16(14-7-3-9-18-14)15-8-4-10-19-15/h2-11,16H,1H3. The molecule has 0 aliphatic carbocycles. The van der Waals surface area contributed by atoms with Crippen LogP contribution in [0.25, 0.3) is 0 Å². The normalized spacial score (nSPS) is 10.8. The van der Waals surface area contributed by atoms with E-state index >= 15 is 0 Å². The molecule has 0 atom stereocenters. The fourth-order valence-electron chi connectivity index (χ4n) is 2.20. The molecule has 0 saturated carbocycles. The van der Waals surface area contributed by atoms with Crippen LogP contribution in [0.5, 0.6) is 5.75 Å². The zero-order valence-electron chi connectivity index (χ0n) is 10.6. The molecule has 0 spiro atoms. The minimum atomic E-state index is 0.315. The predicted octanol–water partition coefficient (Wildman–Crippen LogP) is 5.00. The van der Waals surface area contributed by atoms with E-state index in [2.05, 4.69) is 53.2 Å². The van der Waals surface area contributed by atoms with Gasteiger partial charge >= 0.3 is 0 Å². The van der Waals surface area contributed by atoms with E-state index in [0.717, 1.165) is 5.75 Å². The van der Waals surface area contributed by atoms with Crippen LogP contribution in [-0.4, -0.2) is 7.11 Å². The highest BCUT2D eigenvalue weighted by molar-refractivity contribution is 7.11. The van der Waals surface area contributed by atoms with Crippen molar-refractivity contribution in [2.24, 2.45) is 0 Å². The molecule has 2 heterocycles. The Hall–Kier alpha value is -1.58. The summed E-state index contributed by atoms with van der Waals surface area (Å²) >= 11 is 3.61. The molecule has 0 bridgehead atoms. The molecular formula is C16H14OS2. The van der Waals surface area contributed by atoms with E-state index in [0.29, 0.717) is 5.92 Å². The Labute approximate surface area is 121 Å². The summed E-state index contributed by atoms with van der Waals surface area (Å²) in [7, 11) is 1.71. The van der Waals surface area contributed by atoms with Gasteiger partial charge in [0.25, 0.3) is 0 Å². The van der Waals surface area contributed by atoms with Crippen LogP contribution in [0.4, 0.5) is 0 Å². The Morgan fingerprint density at radius 2 is 1.58 bits per heavy atom. The first-order chi connectivity index (χ1) is 9.38. The van der Waals surface area contributed by atoms with E-state index in [4.69, 9.17) is 4.74 Å². The minimum Gasteiger partial charge on any atom is -0.497 e. The summed E-state index contributed by atoms with van der Waals surface area (Å²) in [5.74, 6) is 1.23. The van der Waals surface area contributed by atoms with Gasteiger partial charge in [0, 0.05) is 9.75 Å². The van der Waals surface area contributed by atoms with E-state index in [1.807, 2.05) is 6.07 Å². The third kappa shape index (κ3) is 2.57. The number of thiophene rings is 2. The van der Waals surface area contributed by atoms with Crippen LogP contribution < -0.4 is 4.74 Å². The summed E-state index contributed by atoms with van der Waals surface area (Å²) in [6, 6.07) is 17.0. The molecule has 0 saturated heterocycles. The lowest BCUT2D eigenvalue weighted by Gasteiger charge is -2.15. The molecule has 96 valence electrons. The van der Waals surface area contributed by atoms with Gasteiger partial charge in [0.1, 0.15) is 5.75 Å². The van der Waals surface area contributed by atoms with Crippen molar-refractivity contribution in [3.8, 4) is 5.75 Å². The average Bonchev–Trinajstić information content (AvgIpc) is 3.13. The quantitative estimate of drug-likeness (QED) is 0.656. The van der Waals surface area contributed by atoms with Crippen molar-refractivity contribution in [3.05, 3.63) is 74.6 Å².